The molecule has 0 saturated heterocycles. The van der Waals surface area contributed by atoms with Gasteiger partial charge >= 0.3 is 0 Å². The van der Waals surface area contributed by atoms with E-state index in [0.717, 1.165) is 11.4 Å². The normalized spacial score (nSPS) is 10.9. The molecule has 3 heterocycles. The third-order valence-corrected chi connectivity index (χ3v) is 7.08. The quantitative estimate of drug-likeness (QED) is 0.285. The molecule has 152 valence electrons. The number of hydrogen-bond acceptors (Lipinski definition) is 6. The van der Waals surface area contributed by atoms with Crippen LogP contribution in [0, 0.1) is 13.8 Å². The Kier molecular flexibility index (Phi) is 5.32. The van der Waals surface area contributed by atoms with Crippen molar-refractivity contribution in [3.05, 3.63) is 95.2 Å². The van der Waals surface area contributed by atoms with E-state index in [1.807, 2.05) is 0 Å². The van der Waals surface area contributed by atoms with Crippen LogP contribution >= 0.6 is 22.7 Å². The summed E-state index contributed by atoms with van der Waals surface area (Å²) >= 11 is 3.61. The van der Waals surface area contributed by atoms with Crippen LogP contribution < -0.4 is 4.90 Å². The fourth-order valence-corrected chi connectivity index (χ4v) is 5.20. The average molecular weight is 441 g/mol. The molecule has 0 atom stereocenters. The minimum Gasteiger partial charge on any atom is -0.279 e. The molecular weight excluding hydrogens is 420 g/mol. The lowest BCUT2D eigenvalue weighted by molar-refractivity contribution is 1.01. The number of aromatic nitrogens is 3. The third kappa shape index (κ3) is 4.13. The summed E-state index contributed by atoms with van der Waals surface area (Å²) in [4.78, 5) is 20.0. The van der Waals surface area contributed by atoms with Crippen molar-refractivity contribution < 1.29 is 0 Å². The fourth-order valence-electron chi connectivity index (χ4n) is 3.46. The highest BCUT2D eigenvalue weighted by molar-refractivity contribution is 7.15. The van der Waals surface area contributed by atoms with Crippen LogP contribution in [0.15, 0.2) is 85.5 Å². The second kappa shape index (κ2) is 8.41. The molecule has 5 rings (SSSR count). The maximum absolute atomic E-state index is 4.41. The summed E-state index contributed by atoms with van der Waals surface area (Å²) in [6.45, 7) is 4.26. The molecule has 0 aliphatic heterocycles. The molecule has 6 heteroatoms. The average Bonchev–Trinajstić information content (AvgIpc) is 3.44. The Balaban J connectivity index is 1.52. The molecule has 0 amide bonds. The summed E-state index contributed by atoms with van der Waals surface area (Å²) in [5, 5.41) is 0. The van der Waals surface area contributed by atoms with Crippen LogP contribution in [0.5, 0.6) is 0 Å². The van der Waals surface area contributed by atoms with E-state index >= 15 is 0 Å². The number of aryl methyl sites for hydroxylation is 2. The van der Waals surface area contributed by atoms with Gasteiger partial charge < -0.3 is 0 Å². The molecule has 0 unspecified atom stereocenters. The van der Waals surface area contributed by atoms with Gasteiger partial charge in [-0.25, -0.2) is 15.0 Å². The van der Waals surface area contributed by atoms with Crippen molar-refractivity contribution in [1.82, 2.24) is 15.0 Å². The van der Waals surface area contributed by atoms with Gasteiger partial charge in [0.2, 0.25) is 5.95 Å². The Hall–Kier alpha value is -3.35. The third-order valence-electron chi connectivity index (χ3n) is 4.98. The lowest BCUT2D eigenvalue weighted by Crippen LogP contribution is -2.13. The Morgan fingerprint density at radius 2 is 1.03 bits per heavy atom. The van der Waals surface area contributed by atoms with Crippen LogP contribution in [-0.4, -0.2) is 15.0 Å². The van der Waals surface area contributed by atoms with E-state index in [2.05, 4.69) is 106 Å². The first kappa shape index (κ1) is 19.6. The molecule has 31 heavy (non-hydrogen) atoms. The van der Waals surface area contributed by atoms with Gasteiger partial charge in [0, 0.05) is 30.9 Å². The van der Waals surface area contributed by atoms with Gasteiger partial charge in [-0.3, -0.25) is 4.90 Å². The summed E-state index contributed by atoms with van der Waals surface area (Å²) in [7, 11) is 0. The summed E-state index contributed by atoms with van der Waals surface area (Å²) < 4.78 is 0. The number of rotatable bonds is 5. The van der Waals surface area contributed by atoms with Crippen molar-refractivity contribution in [3.8, 4) is 20.9 Å². The van der Waals surface area contributed by atoms with Crippen molar-refractivity contribution in [2.45, 2.75) is 13.8 Å². The molecule has 5 aromatic rings. The number of hydrogen-bond donors (Lipinski definition) is 0. The maximum atomic E-state index is 4.41. The van der Waals surface area contributed by atoms with Gasteiger partial charge in [0.1, 0.15) is 12.7 Å². The SMILES string of the molecule is Cc1ccc(-c2ccc(N(c3ccc(-c4ccc(C)s4)cc3)c3ncncn3)cc2)s1. The molecule has 2 aromatic carbocycles. The molecule has 4 nitrogen and oxygen atoms in total. The van der Waals surface area contributed by atoms with Crippen molar-refractivity contribution in [3.63, 3.8) is 0 Å². The van der Waals surface area contributed by atoms with Gasteiger partial charge in [0.15, 0.2) is 0 Å². The fraction of sp³-hybridized carbons (Fsp3) is 0.0800. The van der Waals surface area contributed by atoms with Gasteiger partial charge in [-0.15, -0.1) is 22.7 Å². The van der Waals surface area contributed by atoms with Gasteiger partial charge in [-0.1, -0.05) is 24.3 Å². The highest BCUT2D eigenvalue weighted by Gasteiger charge is 2.15. The minimum atomic E-state index is 0.592. The Bertz CT molecular complexity index is 1210. The second-order valence-corrected chi connectivity index (χ2v) is 9.76. The minimum absolute atomic E-state index is 0.592. The zero-order valence-electron chi connectivity index (χ0n) is 17.2. The standard InChI is InChI=1S/C25H20N4S2/c1-17-3-13-23(30-17)19-5-9-21(10-6-19)29(25-27-15-26-16-28-25)22-11-7-20(8-12-22)24-14-4-18(2)31-24/h3-16H,1-2H3. The molecule has 0 radical (unpaired) electrons. The molecule has 0 bridgehead atoms. The molecule has 0 aliphatic rings. The first-order valence-electron chi connectivity index (χ1n) is 9.93. The predicted octanol–water partition coefficient (Wildman–Crippen LogP) is 7.42. The Morgan fingerprint density at radius 3 is 1.42 bits per heavy atom. The monoisotopic (exact) mass is 440 g/mol. The van der Waals surface area contributed by atoms with Gasteiger partial charge in [-0.2, -0.15) is 0 Å². The molecule has 0 spiro atoms. The molecule has 0 fully saturated rings. The molecule has 0 saturated carbocycles. The van der Waals surface area contributed by atoms with Gasteiger partial charge in [0.25, 0.3) is 0 Å². The van der Waals surface area contributed by atoms with Crippen LogP contribution in [0.25, 0.3) is 20.9 Å². The van der Waals surface area contributed by atoms with Crippen LogP contribution in [0.1, 0.15) is 9.75 Å². The molecule has 0 aliphatic carbocycles. The van der Waals surface area contributed by atoms with Crippen molar-refractivity contribution >= 4 is 40.0 Å². The van der Waals surface area contributed by atoms with Crippen molar-refractivity contribution in [2.24, 2.45) is 0 Å². The summed E-state index contributed by atoms with van der Waals surface area (Å²) in [6, 6.07) is 25.7. The maximum Gasteiger partial charge on any atom is 0.237 e. The summed E-state index contributed by atoms with van der Waals surface area (Å²) in [5.41, 5.74) is 4.42. The number of anilines is 3. The van der Waals surface area contributed by atoms with Crippen LogP contribution in [0.4, 0.5) is 17.3 Å². The molecule has 3 aromatic heterocycles. The largest absolute Gasteiger partial charge is 0.279 e. The van der Waals surface area contributed by atoms with E-state index in [1.54, 1.807) is 22.7 Å². The lowest BCUT2D eigenvalue weighted by Gasteiger charge is -2.23. The zero-order valence-corrected chi connectivity index (χ0v) is 18.8. The number of nitrogens with zero attached hydrogens (tertiary/aromatic N) is 4. The van der Waals surface area contributed by atoms with E-state index in [4.69, 9.17) is 0 Å². The van der Waals surface area contributed by atoms with Crippen molar-refractivity contribution in [2.75, 3.05) is 4.90 Å². The summed E-state index contributed by atoms with van der Waals surface area (Å²) in [5.74, 6) is 0.592. The molecular formula is C25H20N4S2. The zero-order chi connectivity index (χ0) is 21.2. The smallest absolute Gasteiger partial charge is 0.237 e. The van der Waals surface area contributed by atoms with Crippen LogP contribution in [0.2, 0.25) is 0 Å². The first-order chi connectivity index (χ1) is 15.2. The van der Waals surface area contributed by atoms with Gasteiger partial charge in [-0.05, 0) is 73.5 Å². The van der Waals surface area contributed by atoms with Crippen LogP contribution in [0.3, 0.4) is 0 Å². The van der Waals surface area contributed by atoms with E-state index < -0.39 is 0 Å². The predicted molar refractivity (Wildman–Crippen MR) is 131 cm³/mol. The summed E-state index contributed by atoms with van der Waals surface area (Å²) in [6.07, 6.45) is 3.06. The molecule has 0 N–H and O–H groups in total. The van der Waals surface area contributed by atoms with Crippen molar-refractivity contribution in [1.29, 1.82) is 0 Å². The van der Waals surface area contributed by atoms with E-state index in [0.29, 0.717) is 5.95 Å². The number of thiophene rings is 2. The topological polar surface area (TPSA) is 41.9 Å². The lowest BCUT2D eigenvalue weighted by atomic mass is 10.1. The Labute approximate surface area is 189 Å². The highest BCUT2D eigenvalue weighted by atomic mass is 32.1. The first-order valence-corrected chi connectivity index (χ1v) is 11.6. The van der Waals surface area contributed by atoms with Gasteiger partial charge in [0.05, 0.1) is 0 Å². The van der Waals surface area contributed by atoms with E-state index in [1.165, 1.54) is 43.3 Å². The highest BCUT2D eigenvalue weighted by Crippen LogP contribution is 2.36. The van der Waals surface area contributed by atoms with Crippen LogP contribution in [-0.2, 0) is 0 Å². The van der Waals surface area contributed by atoms with E-state index in [-0.39, 0.29) is 0 Å². The number of benzene rings is 2. The van der Waals surface area contributed by atoms with E-state index in [9.17, 15) is 0 Å². The second-order valence-electron chi connectivity index (χ2n) is 7.19. The Morgan fingerprint density at radius 1 is 0.581 bits per heavy atom.